The number of esters is 1. The number of carbonyl (C=O) groups excluding carboxylic acids is 1. The summed E-state index contributed by atoms with van der Waals surface area (Å²) in [7, 11) is 0. The highest BCUT2D eigenvalue weighted by Gasteiger charge is 2.00. The molecule has 0 aliphatic rings. The van der Waals surface area contributed by atoms with Crippen molar-refractivity contribution < 1.29 is 9.53 Å². The molecule has 0 atom stereocenters. The smallest absolute Gasteiger partial charge is 0.335 e. The van der Waals surface area contributed by atoms with Crippen molar-refractivity contribution in [3.63, 3.8) is 0 Å². The van der Waals surface area contributed by atoms with Crippen LogP contribution in [0.15, 0.2) is 37.1 Å². The van der Waals surface area contributed by atoms with Crippen molar-refractivity contribution in [3.8, 4) is 0 Å². The summed E-state index contributed by atoms with van der Waals surface area (Å²) in [6.07, 6.45) is 6.11. The molecule has 0 N–H and O–H groups in total. The summed E-state index contributed by atoms with van der Waals surface area (Å²) >= 11 is 0. The fraction of sp³-hybridized carbons (Fsp3) is 0.300. The van der Waals surface area contributed by atoms with Gasteiger partial charge in [0, 0.05) is 12.5 Å². The van der Waals surface area contributed by atoms with Gasteiger partial charge < -0.3 is 4.74 Å². The van der Waals surface area contributed by atoms with Gasteiger partial charge in [-0.2, -0.15) is 0 Å². The zero-order valence-corrected chi connectivity index (χ0v) is 7.38. The van der Waals surface area contributed by atoms with Crippen molar-refractivity contribution in [2.75, 3.05) is 0 Å². The molecule has 0 heterocycles. The first-order valence-electron chi connectivity index (χ1n) is 3.90. The summed E-state index contributed by atoms with van der Waals surface area (Å²) < 4.78 is 4.91. The van der Waals surface area contributed by atoms with E-state index in [1.807, 2.05) is 6.92 Å². The third-order valence-electron chi connectivity index (χ3n) is 1.20. The molecule has 0 aliphatic carbocycles. The van der Waals surface area contributed by atoms with E-state index in [4.69, 9.17) is 4.74 Å². The van der Waals surface area contributed by atoms with Crippen molar-refractivity contribution in [3.05, 3.63) is 37.1 Å². The van der Waals surface area contributed by atoms with E-state index < -0.39 is 5.97 Å². The van der Waals surface area contributed by atoms with Gasteiger partial charge in [-0.3, -0.25) is 0 Å². The van der Waals surface area contributed by atoms with Crippen LogP contribution in [0.3, 0.4) is 0 Å². The van der Waals surface area contributed by atoms with Gasteiger partial charge >= 0.3 is 5.97 Å². The molecule has 2 nitrogen and oxygen atoms in total. The van der Waals surface area contributed by atoms with Crippen LogP contribution in [0, 0.1) is 0 Å². The lowest BCUT2D eigenvalue weighted by Gasteiger charge is -2.03. The molecule has 0 unspecified atom stereocenters. The highest BCUT2D eigenvalue weighted by molar-refractivity contribution is 5.82. The molecule has 0 spiro atoms. The first-order valence-corrected chi connectivity index (χ1v) is 3.90. The normalized spacial score (nSPS) is 10.6. The van der Waals surface area contributed by atoms with Crippen LogP contribution in [-0.4, -0.2) is 5.97 Å². The lowest BCUT2D eigenvalue weighted by atomic mass is 10.3. The third-order valence-corrected chi connectivity index (χ3v) is 1.20. The zero-order valence-electron chi connectivity index (χ0n) is 7.38. The SMILES string of the molecule is C=C/C=C(\CCC)OC(=O)C=C. The third kappa shape index (κ3) is 4.50. The second-order valence-electron chi connectivity index (χ2n) is 2.24. The van der Waals surface area contributed by atoms with Gasteiger partial charge in [0.1, 0.15) is 5.76 Å². The van der Waals surface area contributed by atoms with E-state index in [1.54, 1.807) is 12.2 Å². The van der Waals surface area contributed by atoms with E-state index in [9.17, 15) is 4.79 Å². The molecular formula is C10H14O2. The van der Waals surface area contributed by atoms with Crippen molar-refractivity contribution in [2.24, 2.45) is 0 Å². The average molecular weight is 166 g/mol. The average Bonchev–Trinajstić information content (AvgIpc) is 2.05. The van der Waals surface area contributed by atoms with Gasteiger partial charge in [0.15, 0.2) is 0 Å². The molecule has 0 radical (unpaired) electrons. The Hall–Kier alpha value is -1.31. The molecule has 0 fully saturated rings. The Bertz CT molecular complexity index is 202. The monoisotopic (exact) mass is 166 g/mol. The van der Waals surface area contributed by atoms with E-state index in [0.29, 0.717) is 5.76 Å². The highest BCUT2D eigenvalue weighted by Crippen LogP contribution is 2.07. The number of allylic oxidation sites excluding steroid dienone is 3. The first-order chi connectivity index (χ1) is 5.74. The molecule has 0 amide bonds. The van der Waals surface area contributed by atoms with E-state index in [0.717, 1.165) is 18.9 Å². The van der Waals surface area contributed by atoms with Crippen LogP contribution >= 0.6 is 0 Å². The largest absolute Gasteiger partial charge is 0.428 e. The second kappa shape index (κ2) is 6.40. The van der Waals surface area contributed by atoms with Crippen molar-refractivity contribution in [1.29, 1.82) is 0 Å². The number of carbonyl (C=O) groups is 1. The van der Waals surface area contributed by atoms with Crippen LogP contribution in [-0.2, 0) is 9.53 Å². The lowest BCUT2D eigenvalue weighted by Crippen LogP contribution is -1.99. The van der Waals surface area contributed by atoms with Gasteiger partial charge in [0.25, 0.3) is 0 Å². The van der Waals surface area contributed by atoms with Crippen LogP contribution in [0.25, 0.3) is 0 Å². The molecule has 0 aromatic heterocycles. The van der Waals surface area contributed by atoms with E-state index >= 15 is 0 Å². The van der Waals surface area contributed by atoms with Crippen molar-refractivity contribution >= 4 is 5.97 Å². The number of hydrogen-bond acceptors (Lipinski definition) is 2. The Morgan fingerprint density at radius 2 is 2.17 bits per heavy atom. The fourth-order valence-electron chi connectivity index (χ4n) is 0.717. The topological polar surface area (TPSA) is 26.3 Å². The summed E-state index contributed by atoms with van der Waals surface area (Å²) in [5, 5.41) is 0. The maximum Gasteiger partial charge on any atom is 0.335 e. The van der Waals surface area contributed by atoms with Gasteiger partial charge in [-0.15, -0.1) is 0 Å². The molecule has 0 bridgehead atoms. The van der Waals surface area contributed by atoms with Crippen LogP contribution < -0.4 is 0 Å². The quantitative estimate of drug-likeness (QED) is 0.271. The van der Waals surface area contributed by atoms with Crippen LogP contribution in [0.5, 0.6) is 0 Å². The Labute approximate surface area is 73.2 Å². The maximum atomic E-state index is 10.8. The van der Waals surface area contributed by atoms with Crippen LogP contribution in [0.2, 0.25) is 0 Å². The summed E-state index contributed by atoms with van der Waals surface area (Å²) in [6, 6.07) is 0. The number of rotatable bonds is 5. The first kappa shape index (κ1) is 10.7. The van der Waals surface area contributed by atoms with Gasteiger partial charge in [-0.05, 0) is 12.5 Å². The fourth-order valence-corrected chi connectivity index (χ4v) is 0.717. The summed E-state index contributed by atoms with van der Waals surface area (Å²) in [6.45, 7) is 8.84. The Morgan fingerprint density at radius 3 is 2.58 bits per heavy atom. The molecule has 2 heteroatoms. The van der Waals surface area contributed by atoms with E-state index in [-0.39, 0.29) is 0 Å². The zero-order chi connectivity index (χ0) is 9.40. The summed E-state index contributed by atoms with van der Waals surface area (Å²) in [5.74, 6) is 0.217. The van der Waals surface area contributed by atoms with E-state index in [2.05, 4.69) is 13.2 Å². The van der Waals surface area contributed by atoms with Crippen molar-refractivity contribution in [2.45, 2.75) is 19.8 Å². The predicted octanol–water partition coefficient (Wildman–Crippen LogP) is 2.59. The molecule has 0 saturated heterocycles. The van der Waals surface area contributed by atoms with Crippen LogP contribution in [0.4, 0.5) is 0 Å². The number of hydrogen-bond donors (Lipinski definition) is 0. The second-order valence-corrected chi connectivity index (χ2v) is 2.24. The highest BCUT2D eigenvalue weighted by atomic mass is 16.5. The summed E-state index contributed by atoms with van der Waals surface area (Å²) in [5.41, 5.74) is 0. The maximum absolute atomic E-state index is 10.8. The summed E-state index contributed by atoms with van der Waals surface area (Å²) in [4.78, 5) is 10.8. The predicted molar refractivity (Wildman–Crippen MR) is 49.5 cm³/mol. The standard InChI is InChI=1S/C10H14O2/c1-4-7-9(8-5-2)12-10(11)6-3/h4,6-7H,1,3,5,8H2,2H3/b9-7+. The van der Waals surface area contributed by atoms with Crippen LogP contribution in [0.1, 0.15) is 19.8 Å². The molecule has 0 rings (SSSR count). The van der Waals surface area contributed by atoms with Gasteiger partial charge in [-0.25, -0.2) is 4.79 Å². The molecule has 0 aliphatic heterocycles. The molecular weight excluding hydrogens is 152 g/mol. The molecule has 0 saturated carbocycles. The number of ether oxygens (including phenoxy) is 1. The molecule has 12 heavy (non-hydrogen) atoms. The van der Waals surface area contributed by atoms with Gasteiger partial charge in [0.05, 0.1) is 0 Å². The van der Waals surface area contributed by atoms with Gasteiger partial charge in [-0.1, -0.05) is 26.2 Å². The Morgan fingerprint density at radius 1 is 1.50 bits per heavy atom. The Kier molecular flexibility index (Phi) is 5.70. The molecule has 0 aromatic rings. The lowest BCUT2D eigenvalue weighted by molar-refractivity contribution is -0.134. The molecule has 0 aromatic carbocycles. The minimum absolute atomic E-state index is 0.420. The van der Waals surface area contributed by atoms with Gasteiger partial charge in [0.2, 0.25) is 0 Å². The van der Waals surface area contributed by atoms with Crippen molar-refractivity contribution in [1.82, 2.24) is 0 Å². The minimum atomic E-state index is -0.420. The van der Waals surface area contributed by atoms with E-state index in [1.165, 1.54) is 0 Å². The minimum Gasteiger partial charge on any atom is -0.428 e. The Balaban J connectivity index is 4.12. The molecule has 66 valence electrons.